The van der Waals surface area contributed by atoms with Crippen molar-refractivity contribution in [2.75, 3.05) is 0 Å². The molecule has 0 heterocycles. The highest BCUT2D eigenvalue weighted by molar-refractivity contribution is 6.84. The minimum Gasteiger partial charge on any atom is -0.285 e. The molecule has 0 rings (SSSR count). The van der Waals surface area contributed by atoms with Crippen molar-refractivity contribution in [3.05, 3.63) is 17.4 Å². The van der Waals surface area contributed by atoms with Crippen LogP contribution in [0, 0.1) is 11.5 Å². The number of allylic oxidation sites excluding steroid dienone is 1. The quantitative estimate of drug-likeness (QED) is 0.405. The first-order chi connectivity index (χ1) is 6.85. The second-order valence-corrected chi connectivity index (χ2v) is 9.39. The zero-order valence-electron chi connectivity index (χ0n) is 10.4. The molecule has 0 saturated heterocycles. The fraction of sp³-hybridized carbons (Fsp3) is 0.538. The Morgan fingerprint density at radius 2 is 1.87 bits per heavy atom. The van der Waals surface area contributed by atoms with Crippen LogP contribution in [0.1, 0.15) is 26.7 Å². The zero-order valence-corrected chi connectivity index (χ0v) is 11.4. The summed E-state index contributed by atoms with van der Waals surface area (Å²) >= 11 is 0. The van der Waals surface area contributed by atoms with Crippen LogP contribution in [-0.2, 0) is 4.79 Å². The first kappa shape index (κ1) is 14.0. The van der Waals surface area contributed by atoms with Gasteiger partial charge in [-0.3, -0.25) is 4.79 Å². The van der Waals surface area contributed by atoms with Crippen molar-refractivity contribution in [1.29, 1.82) is 0 Å². The lowest BCUT2D eigenvalue weighted by Gasteiger charge is -2.02. The van der Waals surface area contributed by atoms with E-state index in [1.165, 1.54) is 0 Å². The molecule has 0 aromatic rings. The minimum absolute atomic E-state index is 0.0506. The molecule has 0 amide bonds. The van der Waals surface area contributed by atoms with Gasteiger partial charge in [-0.05, 0) is 37.8 Å². The molecule has 15 heavy (non-hydrogen) atoms. The number of carbonyl (C=O) groups excluding carboxylic acids is 1. The molecule has 0 unspecified atom stereocenters. The van der Waals surface area contributed by atoms with Crippen LogP contribution in [0.25, 0.3) is 0 Å². The van der Waals surface area contributed by atoms with Gasteiger partial charge in [0.1, 0.15) is 8.07 Å². The summed E-state index contributed by atoms with van der Waals surface area (Å²) in [4.78, 5) is 11.4. The SMILES string of the molecule is CC=C=C(C)CCC(=O)C#C[Si](C)(C)C. The molecule has 0 radical (unpaired) electrons. The van der Waals surface area contributed by atoms with Crippen molar-refractivity contribution >= 4 is 13.9 Å². The van der Waals surface area contributed by atoms with Gasteiger partial charge < -0.3 is 0 Å². The fourth-order valence-corrected chi connectivity index (χ4v) is 1.45. The van der Waals surface area contributed by atoms with E-state index in [4.69, 9.17) is 0 Å². The van der Waals surface area contributed by atoms with Gasteiger partial charge in [-0.25, -0.2) is 0 Å². The minimum atomic E-state index is -1.40. The van der Waals surface area contributed by atoms with Crippen molar-refractivity contribution in [3.8, 4) is 11.5 Å². The van der Waals surface area contributed by atoms with E-state index in [9.17, 15) is 4.79 Å². The van der Waals surface area contributed by atoms with Crippen LogP contribution in [0.5, 0.6) is 0 Å². The summed E-state index contributed by atoms with van der Waals surface area (Å²) in [6, 6.07) is 0. The molecule has 0 bridgehead atoms. The summed E-state index contributed by atoms with van der Waals surface area (Å²) in [6.45, 7) is 10.3. The lowest BCUT2D eigenvalue weighted by Crippen LogP contribution is -2.17. The largest absolute Gasteiger partial charge is 0.285 e. The van der Waals surface area contributed by atoms with Crippen molar-refractivity contribution in [2.24, 2.45) is 0 Å². The number of hydrogen-bond acceptors (Lipinski definition) is 1. The van der Waals surface area contributed by atoms with Gasteiger partial charge in [-0.15, -0.1) is 11.3 Å². The Morgan fingerprint density at radius 1 is 1.27 bits per heavy atom. The normalized spacial score (nSPS) is 9.67. The molecule has 0 spiro atoms. The van der Waals surface area contributed by atoms with Gasteiger partial charge in [0.2, 0.25) is 5.78 Å². The first-order valence-corrected chi connectivity index (χ1v) is 8.78. The van der Waals surface area contributed by atoms with Crippen LogP contribution in [0.4, 0.5) is 0 Å². The number of rotatable bonds is 3. The van der Waals surface area contributed by atoms with Crippen LogP contribution in [0.2, 0.25) is 19.6 Å². The van der Waals surface area contributed by atoms with Crippen molar-refractivity contribution < 1.29 is 4.79 Å². The molecule has 0 aliphatic heterocycles. The highest BCUT2D eigenvalue weighted by Gasteiger charge is 2.08. The Morgan fingerprint density at radius 3 is 2.33 bits per heavy atom. The summed E-state index contributed by atoms with van der Waals surface area (Å²) in [6.07, 6.45) is 3.15. The van der Waals surface area contributed by atoms with Gasteiger partial charge in [-0.1, -0.05) is 19.6 Å². The molecule has 0 aliphatic rings. The monoisotopic (exact) mass is 220 g/mol. The molecule has 0 fully saturated rings. The molecule has 0 atom stereocenters. The molecule has 0 aromatic heterocycles. The van der Waals surface area contributed by atoms with Crippen LogP contribution in [0.3, 0.4) is 0 Å². The van der Waals surface area contributed by atoms with Gasteiger partial charge in [0.15, 0.2) is 0 Å². The molecule has 2 heteroatoms. The third kappa shape index (κ3) is 9.28. The lowest BCUT2D eigenvalue weighted by atomic mass is 10.1. The maximum Gasteiger partial charge on any atom is 0.205 e. The zero-order chi connectivity index (χ0) is 11.9. The van der Waals surface area contributed by atoms with E-state index in [1.54, 1.807) is 0 Å². The summed E-state index contributed by atoms with van der Waals surface area (Å²) < 4.78 is 0. The average Bonchev–Trinajstić information content (AvgIpc) is 2.11. The van der Waals surface area contributed by atoms with Gasteiger partial charge in [0.25, 0.3) is 0 Å². The fourth-order valence-electron chi connectivity index (χ4n) is 0.939. The Labute approximate surface area is 94.3 Å². The topological polar surface area (TPSA) is 17.1 Å². The number of hydrogen-bond donors (Lipinski definition) is 0. The summed E-state index contributed by atoms with van der Waals surface area (Å²) in [5.41, 5.74) is 7.26. The van der Waals surface area contributed by atoms with E-state index >= 15 is 0 Å². The third-order valence-electron chi connectivity index (χ3n) is 1.69. The maximum atomic E-state index is 11.4. The van der Waals surface area contributed by atoms with Gasteiger partial charge >= 0.3 is 0 Å². The first-order valence-electron chi connectivity index (χ1n) is 5.28. The molecule has 82 valence electrons. The number of carbonyl (C=O) groups is 1. The summed E-state index contributed by atoms with van der Waals surface area (Å²) in [7, 11) is -1.40. The van der Waals surface area contributed by atoms with E-state index < -0.39 is 8.07 Å². The predicted molar refractivity (Wildman–Crippen MR) is 68.3 cm³/mol. The van der Waals surface area contributed by atoms with Crippen LogP contribution in [-0.4, -0.2) is 13.9 Å². The highest BCUT2D eigenvalue weighted by atomic mass is 28.3. The Bertz CT molecular complexity index is 341. The standard InChI is InChI=1S/C13H20OSi/c1-6-7-12(2)8-9-13(14)10-11-15(3,4)5/h6H,8-9H2,1-5H3. The third-order valence-corrected chi connectivity index (χ3v) is 2.57. The van der Waals surface area contributed by atoms with Gasteiger partial charge in [0.05, 0.1) is 0 Å². The van der Waals surface area contributed by atoms with E-state index in [2.05, 4.69) is 36.8 Å². The van der Waals surface area contributed by atoms with Crippen LogP contribution < -0.4 is 0 Å². The Balaban J connectivity index is 4.17. The van der Waals surface area contributed by atoms with Crippen molar-refractivity contribution in [3.63, 3.8) is 0 Å². The molecule has 1 nitrogen and oxygen atoms in total. The van der Waals surface area contributed by atoms with Gasteiger partial charge in [0, 0.05) is 6.42 Å². The highest BCUT2D eigenvalue weighted by Crippen LogP contribution is 2.03. The molecule has 0 aromatic carbocycles. The van der Waals surface area contributed by atoms with E-state index in [1.807, 2.05) is 19.9 Å². The molecule has 0 aliphatic carbocycles. The molecule has 0 N–H and O–H groups in total. The second-order valence-electron chi connectivity index (χ2n) is 4.64. The summed E-state index contributed by atoms with van der Waals surface area (Å²) in [5, 5.41) is 0. The maximum absolute atomic E-state index is 11.4. The van der Waals surface area contributed by atoms with E-state index in [-0.39, 0.29) is 5.78 Å². The van der Waals surface area contributed by atoms with Crippen LogP contribution >= 0.6 is 0 Å². The molecular formula is C13H20OSi. The van der Waals surface area contributed by atoms with E-state index in [0.717, 1.165) is 12.0 Å². The van der Waals surface area contributed by atoms with E-state index in [0.29, 0.717) is 6.42 Å². The smallest absolute Gasteiger partial charge is 0.205 e. The number of Topliss-reactive ketones (excluding diaryl/α,β-unsaturated/α-hetero) is 1. The van der Waals surface area contributed by atoms with Crippen molar-refractivity contribution in [1.82, 2.24) is 0 Å². The summed E-state index contributed by atoms with van der Waals surface area (Å²) in [5.74, 6) is 2.79. The molecular weight excluding hydrogens is 200 g/mol. The van der Waals surface area contributed by atoms with Gasteiger partial charge in [-0.2, -0.15) is 0 Å². The second kappa shape index (κ2) is 6.45. The molecule has 0 saturated carbocycles. The lowest BCUT2D eigenvalue weighted by molar-refractivity contribution is -0.113. The van der Waals surface area contributed by atoms with Crippen LogP contribution in [0.15, 0.2) is 17.4 Å². The van der Waals surface area contributed by atoms with Crippen molar-refractivity contribution in [2.45, 2.75) is 46.3 Å². The predicted octanol–water partition coefficient (Wildman–Crippen LogP) is 3.34. The Kier molecular flexibility index (Phi) is 6.01. The number of ketones is 1. The Hall–Kier alpha value is -1.03. The average molecular weight is 220 g/mol.